The van der Waals surface area contributed by atoms with Crippen molar-refractivity contribution in [3.8, 4) is 0 Å². The van der Waals surface area contributed by atoms with E-state index >= 15 is 0 Å². The van der Waals surface area contributed by atoms with Gasteiger partial charge >= 0.3 is 0 Å². The van der Waals surface area contributed by atoms with Crippen LogP contribution < -0.4 is 5.32 Å². The van der Waals surface area contributed by atoms with E-state index in [0.29, 0.717) is 6.04 Å². The average Bonchev–Trinajstić information content (AvgIpc) is 2.78. The first-order valence-corrected chi connectivity index (χ1v) is 8.21. The summed E-state index contributed by atoms with van der Waals surface area (Å²) >= 11 is 0. The monoisotopic (exact) mass is 272 g/mol. The van der Waals surface area contributed by atoms with Crippen LogP contribution in [-0.2, 0) is 6.42 Å². The molecule has 0 fully saturated rings. The molecule has 0 radical (unpaired) electrons. The van der Waals surface area contributed by atoms with Crippen molar-refractivity contribution in [1.29, 1.82) is 0 Å². The van der Waals surface area contributed by atoms with Crippen LogP contribution in [0.3, 0.4) is 0 Å². The third-order valence-corrected chi connectivity index (χ3v) is 4.11. The molecule has 0 amide bonds. The predicted octanol–water partition coefficient (Wildman–Crippen LogP) is 4.27. The summed E-state index contributed by atoms with van der Waals surface area (Å²) in [5.41, 5.74) is 3.00. The number of aromatic nitrogens is 1. The molecule has 0 saturated carbocycles. The Labute approximate surface area is 123 Å². The highest BCUT2D eigenvalue weighted by Gasteiger charge is 2.14. The zero-order chi connectivity index (χ0) is 14.0. The van der Waals surface area contributed by atoms with Gasteiger partial charge in [-0.15, -0.1) is 0 Å². The lowest BCUT2D eigenvalue weighted by Crippen LogP contribution is -2.32. The Bertz CT molecular complexity index is 397. The SMILES string of the molecule is CCCNC(CCc1cccnc1)C1=CCCCCC1. The summed E-state index contributed by atoms with van der Waals surface area (Å²) in [6.07, 6.45) is 16.5. The van der Waals surface area contributed by atoms with Crippen LogP contribution in [0.5, 0.6) is 0 Å². The van der Waals surface area contributed by atoms with Crippen LogP contribution in [0.25, 0.3) is 0 Å². The molecule has 1 atom stereocenters. The zero-order valence-electron chi connectivity index (χ0n) is 12.8. The Morgan fingerprint density at radius 2 is 2.25 bits per heavy atom. The van der Waals surface area contributed by atoms with E-state index in [1.165, 1.54) is 50.5 Å². The van der Waals surface area contributed by atoms with Crippen molar-refractivity contribution < 1.29 is 0 Å². The molecule has 1 aliphatic carbocycles. The van der Waals surface area contributed by atoms with Crippen molar-refractivity contribution in [3.63, 3.8) is 0 Å². The Kier molecular flexibility index (Phi) is 6.79. The van der Waals surface area contributed by atoms with Crippen molar-refractivity contribution in [1.82, 2.24) is 10.3 Å². The first-order valence-electron chi connectivity index (χ1n) is 8.21. The molecular weight excluding hydrogens is 244 g/mol. The fourth-order valence-corrected chi connectivity index (χ4v) is 2.95. The van der Waals surface area contributed by atoms with Gasteiger partial charge < -0.3 is 5.32 Å². The number of allylic oxidation sites excluding steroid dienone is 1. The van der Waals surface area contributed by atoms with Gasteiger partial charge in [-0.05, 0) is 63.1 Å². The molecule has 20 heavy (non-hydrogen) atoms. The quantitative estimate of drug-likeness (QED) is 0.750. The van der Waals surface area contributed by atoms with Crippen LogP contribution >= 0.6 is 0 Å². The van der Waals surface area contributed by atoms with Crippen molar-refractivity contribution in [2.24, 2.45) is 0 Å². The molecule has 0 aromatic carbocycles. The summed E-state index contributed by atoms with van der Waals surface area (Å²) in [4.78, 5) is 4.22. The first-order chi connectivity index (χ1) is 9.90. The summed E-state index contributed by atoms with van der Waals surface area (Å²) in [7, 11) is 0. The molecule has 1 aromatic rings. The molecule has 2 heteroatoms. The van der Waals surface area contributed by atoms with Crippen molar-refractivity contribution in [3.05, 3.63) is 41.7 Å². The van der Waals surface area contributed by atoms with Crippen LogP contribution in [0, 0.1) is 0 Å². The molecule has 1 aromatic heterocycles. The molecule has 2 rings (SSSR count). The highest BCUT2D eigenvalue weighted by atomic mass is 14.9. The second-order valence-electron chi connectivity index (χ2n) is 5.79. The van der Waals surface area contributed by atoms with Gasteiger partial charge in [-0.2, -0.15) is 0 Å². The second kappa shape index (κ2) is 8.91. The summed E-state index contributed by atoms with van der Waals surface area (Å²) in [5, 5.41) is 3.75. The lowest BCUT2D eigenvalue weighted by molar-refractivity contribution is 0.515. The van der Waals surface area contributed by atoms with Crippen molar-refractivity contribution in [2.45, 2.75) is 64.3 Å². The zero-order valence-corrected chi connectivity index (χ0v) is 12.8. The summed E-state index contributed by atoms with van der Waals surface area (Å²) in [5.74, 6) is 0. The summed E-state index contributed by atoms with van der Waals surface area (Å²) < 4.78 is 0. The van der Waals surface area contributed by atoms with Gasteiger partial charge in [0.2, 0.25) is 0 Å². The largest absolute Gasteiger partial charge is 0.310 e. The fourth-order valence-electron chi connectivity index (χ4n) is 2.95. The Morgan fingerprint density at radius 3 is 3.05 bits per heavy atom. The second-order valence-corrected chi connectivity index (χ2v) is 5.79. The summed E-state index contributed by atoms with van der Waals surface area (Å²) in [6, 6.07) is 4.79. The predicted molar refractivity (Wildman–Crippen MR) is 85.8 cm³/mol. The highest BCUT2D eigenvalue weighted by Crippen LogP contribution is 2.22. The van der Waals surface area contributed by atoms with E-state index in [-0.39, 0.29) is 0 Å². The summed E-state index contributed by atoms with van der Waals surface area (Å²) in [6.45, 7) is 3.36. The minimum Gasteiger partial charge on any atom is -0.310 e. The Balaban J connectivity index is 1.93. The molecule has 0 aliphatic heterocycles. The lowest BCUT2D eigenvalue weighted by Gasteiger charge is -2.22. The van der Waals surface area contributed by atoms with Gasteiger partial charge in [0.05, 0.1) is 0 Å². The molecule has 110 valence electrons. The topological polar surface area (TPSA) is 24.9 Å². The van der Waals surface area contributed by atoms with Gasteiger partial charge in [-0.1, -0.05) is 31.1 Å². The third kappa shape index (κ3) is 5.09. The smallest absolute Gasteiger partial charge is 0.0299 e. The Hall–Kier alpha value is -1.15. The number of nitrogens with zero attached hydrogens (tertiary/aromatic N) is 1. The lowest BCUT2D eigenvalue weighted by atomic mass is 9.96. The van der Waals surface area contributed by atoms with Crippen molar-refractivity contribution >= 4 is 0 Å². The van der Waals surface area contributed by atoms with E-state index in [2.05, 4.69) is 29.4 Å². The molecule has 0 spiro atoms. The minimum atomic E-state index is 0.563. The van der Waals surface area contributed by atoms with E-state index in [4.69, 9.17) is 0 Å². The van der Waals surface area contributed by atoms with Gasteiger partial charge in [0.15, 0.2) is 0 Å². The van der Waals surface area contributed by atoms with E-state index in [1.807, 2.05) is 18.5 Å². The van der Waals surface area contributed by atoms with Gasteiger partial charge in [-0.25, -0.2) is 0 Å². The van der Waals surface area contributed by atoms with Crippen LogP contribution in [0.2, 0.25) is 0 Å². The van der Waals surface area contributed by atoms with E-state index < -0.39 is 0 Å². The number of pyridine rings is 1. The maximum Gasteiger partial charge on any atom is 0.0299 e. The number of hydrogen-bond donors (Lipinski definition) is 1. The standard InChI is InChI=1S/C18H28N2/c1-2-13-20-18(17-9-5-3-4-6-10-17)12-11-16-8-7-14-19-15-16/h7-9,14-15,18,20H,2-6,10-13H2,1H3. The minimum absolute atomic E-state index is 0.563. The van der Waals surface area contributed by atoms with Crippen LogP contribution in [0.4, 0.5) is 0 Å². The maximum atomic E-state index is 4.22. The van der Waals surface area contributed by atoms with Crippen LogP contribution in [0.1, 0.15) is 57.4 Å². The molecule has 1 aliphatic rings. The number of nitrogens with one attached hydrogen (secondary N) is 1. The fraction of sp³-hybridized carbons (Fsp3) is 0.611. The molecule has 1 heterocycles. The molecular formula is C18H28N2. The van der Waals surface area contributed by atoms with E-state index in [1.54, 1.807) is 5.57 Å². The highest BCUT2D eigenvalue weighted by molar-refractivity contribution is 5.15. The number of rotatable bonds is 7. The molecule has 1 unspecified atom stereocenters. The van der Waals surface area contributed by atoms with Gasteiger partial charge in [-0.3, -0.25) is 4.98 Å². The van der Waals surface area contributed by atoms with Crippen LogP contribution in [0.15, 0.2) is 36.2 Å². The van der Waals surface area contributed by atoms with E-state index in [0.717, 1.165) is 13.0 Å². The first kappa shape index (κ1) is 15.2. The molecule has 0 bridgehead atoms. The van der Waals surface area contributed by atoms with Crippen LogP contribution in [-0.4, -0.2) is 17.6 Å². The number of aryl methyl sites for hydroxylation is 1. The molecule has 0 saturated heterocycles. The normalized spacial score (nSPS) is 17.4. The molecule has 2 nitrogen and oxygen atoms in total. The van der Waals surface area contributed by atoms with Gasteiger partial charge in [0.1, 0.15) is 0 Å². The van der Waals surface area contributed by atoms with Gasteiger partial charge in [0, 0.05) is 18.4 Å². The average molecular weight is 272 g/mol. The maximum absolute atomic E-state index is 4.22. The van der Waals surface area contributed by atoms with Crippen molar-refractivity contribution in [2.75, 3.05) is 6.54 Å². The number of hydrogen-bond acceptors (Lipinski definition) is 2. The molecule has 1 N–H and O–H groups in total. The Morgan fingerprint density at radius 1 is 1.30 bits per heavy atom. The van der Waals surface area contributed by atoms with E-state index in [9.17, 15) is 0 Å². The van der Waals surface area contributed by atoms with Gasteiger partial charge in [0.25, 0.3) is 0 Å². The third-order valence-electron chi connectivity index (χ3n) is 4.11.